The number of nitrogens with zero attached hydrogens (tertiary/aromatic N) is 2. The second kappa shape index (κ2) is 7.47. The summed E-state index contributed by atoms with van der Waals surface area (Å²) in [5, 5.41) is 11.4. The second-order valence-corrected chi connectivity index (χ2v) is 7.10. The van der Waals surface area contributed by atoms with Crippen molar-refractivity contribution in [3.63, 3.8) is 0 Å². The number of carbonyl (C=O) groups is 1. The molecule has 0 unspecified atom stereocenters. The molecule has 0 saturated heterocycles. The van der Waals surface area contributed by atoms with Gasteiger partial charge in [0, 0.05) is 23.5 Å². The number of thiophene rings is 1. The van der Waals surface area contributed by atoms with Gasteiger partial charge in [-0.05, 0) is 58.5 Å². The minimum absolute atomic E-state index is 0.153. The van der Waals surface area contributed by atoms with Crippen LogP contribution >= 0.6 is 11.3 Å². The Balaban J connectivity index is 2.02. The number of rotatable bonds is 4. The summed E-state index contributed by atoms with van der Waals surface area (Å²) in [5.74, 6) is 0. The molecule has 2 aromatic carbocycles. The number of aldehydes is 1. The highest BCUT2D eigenvalue weighted by atomic mass is 32.1. The highest BCUT2D eigenvalue weighted by molar-refractivity contribution is 7.12. The molecule has 0 bridgehead atoms. The van der Waals surface area contributed by atoms with Gasteiger partial charge in [-0.3, -0.25) is 14.2 Å². The maximum absolute atomic E-state index is 12.4. The van der Waals surface area contributed by atoms with Gasteiger partial charge in [-0.2, -0.15) is 5.26 Å². The summed E-state index contributed by atoms with van der Waals surface area (Å²) in [4.78, 5) is 24.4. The van der Waals surface area contributed by atoms with Crippen LogP contribution in [0.15, 0.2) is 83.1 Å². The third kappa shape index (κ3) is 3.18. The molecule has 5 heteroatoms. The van der Waals surface area contributed by atoms with E-state index < -0.39 is 0 Å². The molecule has 134 valence electrons. The first-order chi connectivity index (χ1) is 13.7. The van der Waals surface area contributed by atoms with Gasteiger partial charge in [-0.15, -0.1) is 11.3 Å². The number of hydrogen-bond donors (Lipinski definition) is 0. The van der Waals surface area contributed by atoms with Crippen LogP contribution in [0.25, 0.3) is 27.9 Å². The van der Waals surface area contributed by atoms with Crippen molar-refractivity contribution in [2.75, 3.05) is 0 Å². The molecule has 0 saturated carbocycles. The first-order valence-corrected chi connectivity index (χ1v) is 9.45. The molecule has 2 heterocycles. The number of hydrogen-bond acceptors (Lipinski definition) is 4. The SMILES string of the molecule is N#Cc1ccccc1-c1cc(-c2ccsc2C=O)cc(-n2ccccc2=O)c1. The quantitative estimate of drug-likeness (QED) is 0.471. The number of carbonyl (C=O) groups excluding carboxylic acids is 1. The third-order valence-corrected chi connectivity index (χ3v) is 5.33. The third-order valence-electron chi connectivity index (χ3n) is 4.49. The number of aromatic nitrogens is 1. The summed E-state index contributed by atoms with van der Waals surface area (Å²) >= 11 is 1.37. The lowest BCUT2D eigenvalue weighted by Gasteiger charge is -2.13. The zero-order chi connectivity index (χ0) is 19.5. The Labute approximate surface area is 165 Å². The van der Waals surface area contributed by atoms with Gasteiger partial charge in [0.2, 0.25) is 0 Å². The van der Waals surface area contributed by atoms with Crippen molar-refractivity contribution in [1.82, 2.24) is 4.57 Å². The summed E-state index contributed by atoms with van der Waals surface area (Å²) in [6.07, 6.45) is 2.54. The Kier molecular flexibility index (Phi) is 4.71. The largest absolute Gasteiger partial charge is 0.297 e. The van der Waals surface area contributed by atoms with E-state index in [0.29, 0.717) is 16.1 Å². The Morgan fingerprint density at radius 1 is 0.929 bits per heavy atom. The maximum atomic E-state index is 12.4. The predicted octanol–water partition coefficient (Wildman–Crippen LogP) is 4.92. The van der Waals surface area contributed by atoms with E-state index in [4.69, 9.17) is 0 Å². The Morgan fingerprint density at radius 3 is 2.43 bits per heavy atom. The molecule has 0 aliphatic heterocycles. The van der Waals surface area contributed by atoms with Crippen LogP contribution in [0.2, 0.25) is 0 Å². The normalized spacial score (nSPS) is 10.4. The van der Waals surface area contributed by atoms with Crippen LogP contribution in [0.5, 0.6) is 0 Å². The van der Waals surface area contributed by atoms with Crippen molar-refractivity contribution >= 4 is 17.6 Å². The zero-order valence-corrected chi connectivity index (χ0v) is 15.5. The van der Waals surface area contributed by atoms with Crippen molar-refractivity contribution in [2.24, 2.45) is 0 Å². The average Bonchev–Trinajstić information content (AvgIpc) is 3.22. The Hall–Kier alpha value is -3.75. The van der Waals surface area contributed by atoms with E-state index in [9.17, 15) is 14.9 Å². The molecule has 28 heavy (non-hydrogen) atoms. The van der Waals surface area contributed by atoms with Gasteiger partial charge < -0.3 is 0 Å². The van der Waals surface area contributed by atoms with Crippen molar-refractivity contribution in [3.05, 3.63) is 99.1 Å². The minimum atomic E-state index is -0.153. The lowest BCUT2D eigenvalue weighted by atomic mass is 9.95. The lowest BCUT2D eigenvalue weighted by molar-refractivity contribution is 0.112. The molecule has 4 nitrogen and oxygen atoms in total. The van der Waals surface area contributed by atoms with Gasteiger partial charge in [-0.25, -0.2) is 0 Å². The molecule has 0 aliphatic rings. The molecule has 0 radical (unpaired) electrons. The predicted molar refractivity (Wildman–Crippen MR) is 111 cm³/mol. The van der Waals surface area contributed by atoms with Crippen LogP contribution in [0, 0.1) is 11.3 Å². The molecule has 0 atom stereocenters. The van der Waals surface area contributed by atoms with E-state index in [2.05, 4.69) is 6.07 Å². The van der Waals surface area contributed by atoms with Crippen LogP contribution in [0.3, 0.4) is 0 Å². The zero-order valence-electron chi connectivity index (χ0n) is 14.7. The summed E-state index contributed by atoms with van der Waals surface area (Å²) in [6, 6.07) is 22.1. The van der Waals surface area contributed by atoms with E-state index in [0.717, 1.165) is 28.5 Å². The Bertz CT molecular complexity index is 1280. The monoisotopic (exact) mass is 382 g/mol. The lowest BCUT2D eigenvalue weighted by Crippen LogP contribution is -2.15. The molecular formula is C23H14N2O2S. The molecule has 2 aromatic heterocycles. The number of benzene rings is 2. The van der Waals surface area contributed by atoms with Crippen molar-refractivity contribution in [2.45, 2.75) is 0 Å². The van der Waals surface area contributed by atoms with Crippen LogP contribution in [0.4, 0.5) is 0 Å². The van der Waals surface area contributed by atoms with E-state index >= 15 is 0 Å². The fraction of sp³-hybridized carbons (Fsp3) is 0. The first-order valence-electron chi connectivity index (χ1n) is 8.57. The summed E-state index contributed by atoms with van der Waals surface area (Å²) < 4.78 is 1.55. The molecular weight excluding hydrogens is 368 g/mol. The highest BCUT2D eigenvalue weighted by Gasteiger charge is 2.13. The summed E-state index contributed by atoms with van der Waals surface area (Å²) in [6.45, 7) is 0. The number of nitriles is 1. The molecule has 0 aliphatic carbocycles. The minimum Gasteiger partial charge on any atom is -0.297 e. The maximum Gasteiger partial charge on any atom is 0.255 e. The highest BCUT2D eigenvalue weighted by Crippen LogP contribution is 2.34. The molecule has 0 spiro atoms. The number of pyridine rings is 1. The average molecular weight is 382 g/mol. The molecule has 0 N–H and O–H groups in total. The first kappa shape index (κ1) is 17.7. The van der Waals surface area contributed by atoms with Crippen LogP contribution in [0.1, 0.15) is 15.2 Å². The topological polar surface area (TPSA) is 62.9 Å². The van der Waals surface area contributed by atoms with Gasteiger partial charge in [0.1, 0.15) is 0 Å². The van der Waals surface area contributed by atoms with E-state index in [1.54, 1.807) is 29.0 Å². The van der Waals surface area contributed by atoms with E-state index in [1.165, 1.54) is 17.4 Å². The molecule has 4 rings (SSSR count). The molecule has 0 amide bonds. The summed E-state index contributed by atoms with van der Waals surface area (Å²) in [7, 11) is 0. The smallest absolute Gasteiger partial charge is 0.255 e. The van der Waals surface area contributed by atoms with Gasteiger partial charge in [0.05, 0.1) is 16.5 Å². The van der Waals surface area contributed by atoms with Crippen LogP contribution in [-0.4, -0.2) is 10.9 Å². The van der Waals surface area contributed by atoms with Crippen molar-refractivity contribution < 1.29 is 4.79 Å². The van der Waals surface area contributed by atoms with Crippen molar-refractivity contribution in [1.29, 1.82) is 5.26 Å². The van der Waals surface area contributed by atoms with E-state index in [1.807, 2.05) is 47.8 Å². The molecule has 0 fully saturated rings. The van der Waals surface area contributed by atoms with Crippen molar-refractivity contribution in [3.8, 4) is 34.0 Å². The fourth-order valence-corrected chi connectivity index (χ4v) is 3.90. The van der Waals surface area contributed by atoms with Gasteiger partial charge in [0.25, 0.3) is 5.56 Å². The second-order valence-electron chi connectivity index (χ2n) is 6.15. The van der Waals surface area contributed by atoms with Crippen LogP contribution in [-0.2, 0) is 0 Å². The molecule has 4 aromatic rings. The fourth-order valence-electron chi connectivity index (χ4n) is 3.19. The van der Waals surface area contributed by atoms with Crippen LogP contribution < -0.4 is 5.56 Å². The Morgan fingerprint density at radius 2 is 1.68 bits per heavy atom. The standard InChI is InChI=1S/C23H14N2O2S/c24-14-16-5-1-2-6-20(16)17-11-18(21-8-10-28-22(21)15-26)13-19(12-17)25-9-4-3-7-23(25)27/h1-13,15H. The van der Waals surface area contributed by atoms with E-state index in [-0.39, 0.29) is 5.56 Å². The summed E-state index contributed by atoms with van der Waals surface area (Å²) in [5.41, 5.74) is 4.28. The van der Waals surface area contributed by atoms with Gasteiger partial charge in [0.15, 0.2) is 6.29 Å². The van der Waals surface area contributed by atoms with Gasteiger partial charge >= 0.3 is 0 Å². The van der Waals surface area contributed by atoms with Gasteiger partial charge in [-0.1, -0.05) is 24.3 Å².